The SMILES string of the molecule is CCOc1ccc(N2COc3ccc4c(C)c(C)c(=O)oc4c3C2)cc1. The minimum absolute atomic E-state index is 0.290. The molecule has 0 spiro atoms. The molecule has 0 N–H and O–H groups in total. The van der Waals surface area contributed by atoms with E-state index in [0.29, 0.717) is 31.0 Å². The van der Waals surface area contributed by atoms with Gasteiger partial charge in [-0.05, 0) is 62.7 Å². The summed E-state index contributed by atoms with van der Waals surface area (Å²) in [6.45, 7) is 7.42. The third-order valence-electron chi connectivity index (χ3n) is 4.92. The Morgan fingerprint density at radius 3 is 2.58 bits per heavy atom. The van der Waals surface area contributed by atoms with E-state index < -0.39 is 0 Å². The van der Waals surface area contributed by atoms with Crippen LogP contribution in [0.25, 0.3) is 11.0 Å². The summed E-state index contributed by atoms with van der Waals surface area (Å²) < 4.78 is 17.0. The number of benzene rings is 2. The van der Waals surface area contributed by atoms with Gasteiger partial charge >= 0.3 is 5.63 Å². The van der Waals surface area contributed by atoms with E-state index in [4.69, 9.17) is 13.9 Å². The van der Waals surface area contributed by atoms with Gasteiger partial charge < -0.3 is 18.8 Å². The summed E-state index contributed by atoms with van der Waals surface area (Å²) >= 11 is 0. The average molecular weight is 351 g/mol. The fourth-order valence-electron chi connectivity index (χ4n) is 3.30. The van der Waals surface area contributed by atoms with Gasteiger partial charge in [0.2, 0.25) is 0 Å². The molecule has 4 rings (SSSR count). The highest BCUT2D eigenvalue weighted by Gasteiger charge is 2.23. The van der Waals surface area contributed by atoms with E-state index in [9.17, 15) is 4.79 Å². The quantitative estimate of drug-likeness (QED) is 0.663. The van der Waals surface area contributed by atoms with Crippen molar-refractivity contribution in [3.8, 4) is 11.5 Å². The summed E-state index contributed by atoms with van der Waals surface area (Å²) in [5.74, 6) is 1.61. The van der Waals surface area contributed by atoms with Crippen molar-refractivity contribution in [1.82, 2.24) is 0 Å². The van der Waals surface area contributed by atoms with Crippen molar-refractivity contribution in [2.75, 3.05) is 18.2 Å². The number of hydrogen-bond donors (Lipinski definition) is 0. The Morgan fingerprint density at radius 2 is 1.85 bits per heavy atom. The van der Waals surface area contributed by atoms with Crippen LogP contribution in [0.1, 0.15) is 23.6 Å². The Balaban J connectivity index is 1.74. The van der Waals surface area contributed by atoms with Crippen molar-refractivity contribution in [3.63, 3.8) is 0 Å². The van der Waals surface area contributed by atoms with Gasteiger partial charge in [0, 0.05) is 16.6 Å². The van der Waals surface area contributed by atoms with Crippen molar-refractivity contribution in [3.05, 3.63) is 63.5 Å². The minimum atomic E-state index is -0.290. The second-order valence-electron chi connectivity index (χ2n) is 6.46. The van der Waals surface area contributed by atoms with Crippen LogP contribution in [-0.2, 0) is 6.54 Å². The standard InChI is InChI=1S/C21H21NO4/c1-4-24-16-7-5-15(6-8-16)22-11-18-19(25-12-22)10-9-17-13(2)14(3)21(23)26-20(17)18/h5-10H,4,11-12H2,1-3H3. The monoisotopic (exact) mass is 351 g/mol. The average Bonchev–Trinajstić information content (AvgIpc) is 2.66. The molecule has 2 heterocycles. The van der Waals surface area contributed by atoms with Gasteiger partial charge in [0.05, 0.1) is 18.7 Å². The summed E-state index contributed by atoms with van der Waals surface area (Å²) in [4.78, 5) is 14.3. The molecule has 1 aliphatic rings. The zero-order valence-corrected chi connectivity index (χ0v) is 15.2. The molecule has 5 heteroatoms. The minimum Gasteiger partial charge on any atom is -0.494 e. The van der Waals surface area contributed by atoms with Crippen LogP contribution in [0.2, 0.25) is 0 Å². The summed E-state index contributed by atoms with van der Waals surface area (Å²) in [6, 6.07) is 11.8. The van der Waals surface area contributed by atoms with Crippen LogP contribution in [0.5, 0.6) is 11.5 Å². The van der Waals surface area contributed by atoms with Gasteiger partial charge in [0.15, 0.2) is 6.73 Å². The van der Waals surface area contributed by atoms with E-state index in [1.807, 2.05) is 50.2 Å². The summed E-state index contributed by atoms with van der Waals surface area (Å²) in [5.41, 5.74) is 3.87. The predicted octanol–water partition coefficient (Wildman–Crippen LogP) is 4.17. The molecule has 0 atom stereocenters. The van der Waals surface area contributed by atoms with Gasteiger partial charge in [-0.2, -0.15) is 0 Å². The molecule has 134 valence electrons. The van der Waals surface area contributed by atoms with Crippen molar-refractivity contribution >= 4 is 16.7 Å². The Bertz CT molecular complexity index is 1020. The van der Waals surface area contributed by atoms with E-state index in [-0.39, 0.29) is 5.63 Å². The lowest BCUT2D eigenvalue weighted by Gasteiger charge is -2.31. The molecule has 26 heavy (non-hydrogen) atoms. The Kier molecular flexibility index (Phi) is 4.07. The molecule has 3 aromatic rings. The van der Waals surface area contributed by atoms with E-state index in [2.05, 4.69) is 4.90 Å². The summed E-state index contributed by atoms with van der Waals surface area (Å²) in [6.07, 6.45) is 0. The molecule has 2 aromatic carbocycles. The maximum atomic E-state index is 12.2. The summed E-state index contributed by atoms with van der Waals surface area (Å²) in [5, 5.41) is 0.956. The zero-order chi connectivity index (χ0) is 18.3. The fourth-order valence-corrected chi connectivity index (χ4v) is 3.30. The van der Waals surface area contributed by atoms with Gasteiger partial charge in [-0.15, -0.1) is 0 Å². The van der Waals surface area contributed by atoms with Crippen LogP contribution >= 0.6 is 0 Å². The smallest absolute Gasteiger partial charge is 0.339 e. The number of aryl methyl sites for hydroxylation is 1. The topological polar surface area (TPSA) is 51.9 Å². The molecule has 0 bridgehead atoms. The lowest BCUT2D eigenvalue weighted by Crippen LogP contribution is -2.32. The van der Waals surface area contributed by atoms with Crippen LogP contribution in [0.3, 0.4) is 0 Å². The molecular weight excluding hydrogens is 330 g/mol. The molecule has 5 nitrogen and oxygen atoms in total. The van der Waals surface area contributed by atoms with Gasteiger partial charge in [-0.1, -0.05) is 0 Å². The number of ether oxygens (including phenoxy) is 2. The van der Waals surface area contributed by atoms with Gasteiger partial charge in [-0.25, -0.2) is 4.79 Å². The van der Waals surface area contributed by atoms with Crippen LogP contribution in [0.15, 0.2) is 45.6 Å². The number of hydrogen-bond acceptors (Lipinski definition) is 5. The first-order chi connectivity index (χ1) is 12.6. The molecule has 0 fully saturated rings. The predicted molar refractivity (Wildman–Crippen MR) is 101 cm³/mol. The first-order valence-corrected chi connectivity index (χ1v) is 8.75. The largest absolute Gasteiger partial charge is 0.494 e. The van der Waals surface area contributed by atoms with E-state index in [1.54, 1.807) is 6.92 Å². The normalized spacial score (nSPS) is 13.4. The zero-order valence-electron chi connectivity index (χ0n) is 15.2. The molecule has 0 unspecified atom stereocenters. The van der Waals surface area contributed by atoms with E-state index in [1.165, 1.54) is 0 Å². The Morgan fingerprint density at radius 1 is 1.08 bits per heavy atom. The van der Waals surface area contributed by atoms with Crippen LogP contribution in [-0.4, -0.2) is 13.3 Å². The van der Waals surface area contributed by atoms with Gasteiger partial charge in [0.1, 0.15) is 17.1 Å². The van der Waals surface area contributed by atoms with Crippen molar-refractivity contribution in [1.29, 1.82) is 0 Å². The maximum absolute atomic E-state index is 12.2. The van der Waals surface area contributed by atoms with Crippen molar-refractivity contribution in [2.45, 2.75) is 27.3 Å². The molecule has 0 aliphatic carbocycles. The molecule has 1 aromatic heterocycles. The van der Waals surface area contributed by atoms with Crippen LogP contribution < -0.4 is 20.0 Å². The molecule has 0 amide bonds. The third kappa shape index (κ3) is 2.69. The number of anilines is 1. The number of rotatable bonds is 3. The second-order valence-corrected chi connectivity index (χ2v) is 6.46. The summed E-state index contributed by atoms with van der Waals surface area (Å²) in [7, 11) is 0. The van der Waals surface area contributed by atoms with Gasteiger partial charge in [-0.3, -0.25) is 0 Å². The fraction of sp³-hybridized carbons (Fsp3) is 0.286. The van der Waals surface area contributed by atoms with Gasteiger partial charge in [0.25, 0.3) is 0 Å². The Labute approximate surface area is 151 Å². The van der Waals surface area contributed by atoms with Crippen LogP contribution in [0, 0.1) is 13.8 Å². The van der Waals surface area contributed by atoms with Crippen molar-refractivity contribution < 1.29 is 13.9 Å². The molecule has 0 saturated carbocycles. The number of nitrogens with zero attached hydrogens (tertiary/aromatic N) is 1. The lowest BCUT2D eigenvalue weighted by molar-refractivity contribution is 0.289. The number of fused-ring (bicyclic) bond motifs is 3. The van der Waals surface area contributed by atoms with Crippen molar-refractivity contribution in [2.24, 2.45) is 0 Å². The highest BCUT2D eigenvalue weighted by Crippen LogP contribution is 2.35. The molecular formula is C21H21NO4. The highest BCUT2D eigenvalue weighted by atomic mass is 16.5. The first kappa shape index (κ1) is 16.5. The molecule has 1 aliphatic heterocycles. The molecule has 0 radical (unpaired) electrons. The Hall–Kier alpha value is -2.95. The maximum Gasteiger partial charge on any atom is 0.339 e. The molecule has 0 saturated heterocycles. The van der Waals surface area contributed by atoms with E-state index in [0.717, 1.165) is 33.7 Å². The van der Waals surface area contributed by atoms with Crippen LogP contribution in [0.4, 0.5) is 5.69 Å². The second kappa shape index (κ2) is 6.41. The third-order valence-corrected chi connectivity index (χ3v) is 4.92. The highest BCUT2D eigenvalue weighted by molar-refractivity contribution is 5.86. The van der Waals surface area contributed by atoms with E-state index >= 15 is 0 Å². The lowest BCUT2D eigenvalue weighted by atomic mass is 10.0. The first-order valence-electron chi connectivity index (χ1n) is 8.75.